The molecule has 0 saturated carbocycles. The Labute approximate surface area is 94.3 Å². The number of benzene rings is 1. The highest BCUT2D eigenvalue weighted by Gasteiger charge is 2.07. The van der Waals surface area contributed by atoms with Crippen LogP contribution in [-0.2, 0) is 6.54 Å². The zero-order chi connectivity index (χ0) is 11.5. The first kappa shape index (κ1) is 10.9. The van der Waals surface area contributed by atoms with Crippen LogP contribution >= 0.6 is 0 Å². The van der Waals surface area contributed by atoms with Gasteiger partial charge in [0.2, 0.25) is 0 Å². The van der Waals surface area contributed by atoms with Crippen molar-refractivity contribution in [1.82, 2.24) is 4.57 Å². The molecule has 2 rings (SSSR count). The number of fused-ring (bicyclic) bond motifs is 1. The quantitative estimate of drug-likeness (QED) is 0.797. The van der Waals surface area contributed by atoms with Crippen molar-refractivity contribution >= 4 is 17.2 Å². The van der Waals surface area contributed by atoms with E-state index in [9.17, 15) is 4.79 Å². The van der Waals surface area contributed by atoms with Crippen molar-refractivity contribution in [2.75, 3.05) is 6.61 Å². The number of hydrogen-bond donors (Lipinski definition) is 1. The first-order valence-corrected chi connectivity index (χ1v) is 5.42. The summed E-state index contributed by atoms with van der Waals surface area (Å²) in [6.07, 6.45) is 3.44. The predicted octanol–water partition coefficient (Wildman–Crippen LogP) is 2.14. The topological polar surface area (TPSA) is 42.2 Å². The molecule has 0 aliphatic carbocycles. The van der Waals surface area contributed by atoms with Crippen molar-refractivity contribution in [2.24, 2.45) is 0 Å². The molecular weight excluding hydrogens is 202 g/mol. The SMILES string of the molecule is Cc1ccc2c(C=O)cn(CCCO)c2c1. The molecule has 84 valence electrons. The van der Waals surface area contributed by atoms with Gasteiger partial charge in [0.05, 0.1) is 0 Å². The van der Waals surface area contributed by atoms with E-state index < -0.39 is 0 Å². The van der Waals surface area contributed by atoms with E-state index in [1.165, 1.54) is 5.56 Å². The lowest BCUT2D eigenvalue weighted by molar-refractivity contribution is 0.112. The minimum absolute atomic E-state index is 0.169. The number of aryl methyl sites for hydroxylation is 2. The molecule has 0 radical (unpaired) electrons. The van der Waals surface area contributed by atoms with Crippen LogP contribution in [0.5, 0.6) is 0 Å². The van der Waals surface area contributed by atoms with Crippen molar-refractivity contribution in [1.29, 1.82) is 0 Å². The van der Waals surface area contributed by atoms with Crippen molar-refractivity contribution in [3.63, 3.8) is 0 Å². The monoisotopic (exact) mass is 217 g/mol. The number of rotatable bonds is 4. The number of aromatic nitrogens is 1. The third kappa shape index (κ3) is 1.86. The highest BCUT2D eigenvalue weighted by Crippen LogP contribution is 2.21. The normalized spacial score (nSPS) is 10.9. The largest absolute Gasteiger partial charge is 0.396 e. The van der Waals surface area contributed by atoms with E-state index in [2.05, 4.69) is 6.07 Å². The minimum Gasteiger partial charge on any atom is -0.396 e. The maximum atomic E-state index is 10.9. The fraction of sp³-hybridized carbons (Fsp3) is 0.308. The van der Waals surface area contributed by atoms with E-state index in [-0.39, 0.29) is 6.61 Å². The molecule has 0 saturated heterocycles. The van der Waals surface area contributed by atoms with Crippen molar-refractivity contribution in [3.8, 4) is 0 Å². The smallest absolute Gasteiger partial charge is 0.152 e. The lowest BCUT2D eigenvalue weighted by Crippen LogP contribution is -1.98. The van der Waals surface area contributed by atoms with Gasteiger partial charge in [-0.25, -0.2) is 0 Å². The van der Waals surface area contributed by atoms with Gasteiger partial charge in [-0.15, -0.1) is 0 Å². The molecule has 1 N–H and O–H groups in total. The Morgan fingerprint density at radius 2 is 2.25 bits per heavy atom. The van der Waals surface area contributed by atoms with Gasteiger partial charge in [0.15, 0.2) is 6.29 Å². The van der Waals surface area contributed by atoms with Crippen LogP contribution in [-0.4, -0.2) is 22.6 Å². The molecule has 3 nitrogen and oxygen atoms in total. The molecule has 16 heavy (non-hydrogen) atoms. The van der Waals surface area contributed by atoms with Gasteiger partial charge in [0.25, 0.3) is 0 Å². The minimum atomic E-state index is 0.169. The average molecular weight is 217 g/mol. The van der Waals surface area contributed by atoms with Gasteiger partial charge in [-0.2, -0.15) is 0 Å². The molecule has 0 spiro atoms. The van der Waals surface area contributed by atoms with E-state index in [4.69, 9.17) is 5.11 Å². The van der Waals surface area contributed by atoms with Crippen LogP contribution in [0.25, 0.3) is 10.9 Å². The molecule has 2 aromatic rings. The van der Waals surface area contributed by atoms with Crippen molar-refractivity contribution in [3.05, 3.63) is 35.5 Å². The lowest BCUT2D eigenvalue weighted by Gasteiger charge is -2.03. The molecule has 0 aliphatic rings. The molecule has 0 unspecified atom stereocenters. The number of carbonyl (C=O) groups excluding carboxylic acids is 1. The molecule has 1 aromatic carbocycles. The Bertz CT molecular complexity index is 514. The predicted molar refractivity (Wildman–Crippen MR) is 63.8 cm³/mol. The number of carbonyl (C=O) groups is 1. The third-order valence-electron chi connectivity index (χ3n) is 2.75. The second-order valence-electron chi connectivity index (χ2n) is 3.99. The van der Waals surface area contributed by atoms with Crippen LogP contribution in [0.15, 0.2) is 24.4 Å². The van der Waals surface area contributed by atoms with Crippen LogP contribution in [0, 0.1) is 6.92 Å². The zero-order valence-electron chi connectivity index (χ0n) is 9.31. The van der Waals surface area contributed by atoms with Gasteiger partial charge in [-0.1, -0.05) is 12.1 Å². The molecule has 3 heteroatoms. The average Bonchev–Trinajstić information content (AvgIpc) is 2.64. The molecule has 0 atom stereocenters. The van der Waals surface area contributed by atoms with E-state index >= 15 is 0 Å². The molecule has 1 aromatic heterocycles. The van der Waals surface area contributed by atoms with E-state index in [1.54, 1.807) is 0 Å². The standard InChI is InChI=1S/C13H15NO2/c1-10-3-4-12-11(9-16)8-14(5-2-6-15)13(12)7-10/h3-4,7-9,15H,2,5-6H2,1H3. The fourth-order valence-electron chi connectivity index (χ4n) is 1.95. The second-order valence-corrected chi connectivity index (χ2v) is 3.99. The summed E-state index contributed by atoms with van der Waals surface area (Å²) in [5.74, 6) is 0. The number of hydrogen-bond acceptors (Lipinski definition) is 2. The summed E-state index contributed by atoms with van der Waals surface area (Å²) in [6, 6.07) is 6.05. The zero-order valence-corrected chi connectivity index (χ0v) is 9.31. The summed E-state index contributed by atoms with van der Waals surface area (Å²) in [5, 5.41) is 9.82. The number of aldehydes is 1. The first-order valence-electron chi connectivity index (χ1n) is 5.42. The summed E-state index contributed by atoms with van der Waals surface area (Å²) in [6.45, 7) is 2.94. The molecule has 0 fully saturated rings. The van der Waals surface area contributed by atoms with Crippen LogP contribution < -0.4 is 0 Å². The van der Waals surface area contributed by atoms with Gasteiger partial charge in [0.1, 0.15) is 0 Å². The lowest BCUT2D eigenvalue weighted by atomic mass is 10.1. The Morgan fingerprint density at radius 1 is 1.44 bits per heavy atom. The Kier molecular flexibility index (Phi) is 3.06. The maximum absolute atomic E-state index is 10.9. The maximum Gasteiger partial charge on any atom is 0.152 e. The highest BCUT2D eigenvalue weighted by molar-refractivity contribution is 5.97. The number of aliphatic hydroxyl groups is 1. The van der Waals surface area contributed by atoms with Crippen LogP contribution in [0.4, 0.5) is 0 Å². The Morgan fingerprint density at radius 3 is 2.94 bits per heavy atom. The molecule has 0 bridgehead atoms. The molecule has 0 aliphatic heterocycles. The third-order valence-corrected chi connectivity index (χ3v) is 2.75. The summed E-state index contributed by atoms with van der Waals surface area (Å²) < 4.78 is 2.03. The number of aliphatic hydroxyl groups excluding tert-OH is 1. The van der Waals surface area contributed by atoms with Crippen LogP contribution in [0.1, 0.15) is 22.3 Å². The van der Waals surface area contributed by atoms with Gasteiger partial charge >= 0.3 is 0 Å². The Hall–Kier alpha value is -1.61. The van der Waals surface area contributed by atoms with Gasteiger partial charge < -0.3 is 9.67 Å². The van der Waals surface area contributed by atoms with Crippen LogP contribution in [0.2, 0.25) is 0 Å². The summed E-state index contributed by atoms with van der Waals surface area (Å²) >= 11 is 0. The van der Waals surface area contributed by atoms with Crippen molar-refractivity contribution < 1.29 is 9.90 Å². The van der Waals surface area contributed by atoms with Gasteiger partial charge in [-0.3, -0.25) is 4.79 Å². The van der Waals surface area contributed by atoms with Gasteiger partial charge in [-0.05, 0) is 25.0 Å². The van der Waals surface area contributed by atoms with E-state index in [0.29, 0.717) is 12.0 Å². The summed E-state index contributed by atoms with van der Waals surface area (Å²) in [7, 11) is 0. The van der Waals surface area contributed by atoms with Crippen molar-refractivity contribution in [2.45, 2.75) is 19.9 Å². The molecular formula is C13H15NO2. The van der Waals surface area contributed by atoms with Gasteiger partial charge in [0, 0.05) is 35.8 Å². The molecule has 1 heterocycles. The second kappa shape index (κ2) is 4.49. The van der Waals surface area contributed by atoms with E-state index in [1.807, 2.05) is 29.8 Å². The molecule has 0 amide bonds. The highest BCUT2D eigenvalue weighted by atomic mass is 16.3. The summed E-state index contributed by atoms with van der Waals surface area (Å²) in [4.78, 5) is 10.9. The fourth-order valence-corrected chi connectivity index (χ4v) is 1.95. The summed E-state index contributed by atoms with van der Waals surface area (Å²) in [5.41, 5.74) is 2.96. The van der Waals surface area contributed by atoms with E-state index in [0.717, 1.165) is 23.7 Å². The Balaban J connectivity index is 2.55. The first-order chi connectivity index (χ1) is 7.76. The number of nitrogens with zero attached hydrogens (tertiary/aromatic N) is 1. The van der Waals surface area contributed by atoms with Crippen LogP contribution in [0.3, 0.4) is 0 Å².